The van der Waals surface area contributed by atoms with Gasteiger partial charge < -0.3 is 10.2 Å². The summed E-state index contributed by atoms with van der Waals surface area (Å²) >= 11 is 2.09. The van der Waals surface area contributed by atoms with Crippen molar-refractivity contribution in [2.45, 2.75) is 42.9 Å². The molecule has 134 valence electrons. The Morgan fingerprint density at radius 3 is 2.96 bits per heavy atom. The van der Waals surface area contributed by atoms with Gasteiger partial charge in [-0.3, -0.25) is 9.48 Å². The molecule has 1 aromatic rings. The summed E-state index contributed by atoms with van der Waals surface area (Å²) in [5.41, 5.74) is 1.20. The summed E-state index contributed by atoms with van der Waals surface area (Å²) in [7, 11) is 1.94. The Morgan fingerprint density at radius 2 is 2.17 bits per heavy atom. The van der Waals surface area contributed by atoms with Gasteiger partial charge in [0.15, 0.2) is 0 Å². The average Bonchev–Trinajstić information content (AvgIpc) is 3.22. The summed E-state index contributed by atoms with van der Waals surface area (Å²) in [4.78, 5) is 15.5. The maximum absolute atomic E-state index is 13.3. The normalized spacial score (nSPS) is 33.0. The number of amides is 1. The molecule has 4 rings (SSSR count). The van der Waals surface area contributed by atoms with E-state index in [1.807, 2.05) is 17.9 Å². The van der Waals surface area contributed by atoms with Crippen molar-refractivity contribution in [1.29, 1.82) is 0 Å². The van der Waals surface area contributed by atoms with E-state index in [4.69, 9.17) is 0 Å². The van der Waals surface area contributed by atoms with Gasteiger partial charge in [-0.25, -0.2) is 0 Å². The summed E-state index contributed by atoms with van der Waals surface area (Å²) in [6.07, 6.45) is 9.08. The monoisotopic (exact) mass is 370 g/mol. The first-order valence-corrected chi connectivity index (χ1v) is 9.90. The number of hydrogen-bond donors (Lipinski definition) is 1. The molecule has 1 aliphatic carbocycles. The topological polar surface area (TPSA) is 50.2 Å². The highest BCUT2D eigenvalue weighted by Crippen LogP contribution is 2.38. The molecule has 3 fully saturated rings. The molecule has 1 N–H and O–H groups in total. The van der Waals surface area contributed by atoms with Crippen LogP contribution < -0.4 is 5.32 Å². The van der Waals surface area contributed by atoms with E-state index < -0.39 is 0 Å². The summed E-state index contributed by atoms with van der Waals surface area (Å²) in [5, 5.41) is 8.40. The van der Waals surface area contributed by atoms with Crippen LogP contribution in [0, 0.1) is 5.92 Å². The van der Waals surface area contributed by atoms with Crippen LogP contribution in [-0.2, 0) is 11.8 Å². The number of nitrogens with zero attached hydrogens (tertiary/aromatic N) is 3. The lowest BCUT2D eigenvalue weighted by atomic mass is 9.87. The fourth-order valence-corrected chi connectivity index (χ4v) is 5.95. The first kappa shape index (κ1) is 18.1. The van der Waals surface area contributed by atoms with E-state index >= 15 is 0 Å². The molecule has 1 aromatic heterocycles. The minimum atomic E-state index is 0. The van der Waals surface area contributed by atoms with Gasteiger partial charge in [-0.05, 0) is 18.4 Å². The molecule has 24 heavy (non-hydrogen) atoms. The van der Waals surface area contributed by atoms with Gasteiger partial charge in [0.05, 0.1) is 12.1 Å². The zero-order valence-corrected chi connectivity index (χ0v) is 15.8. The number of thioether (sulfide) groups is 1. The van der Waals surface area contributed by atoms with Crippen molar-refractivity contribution in [1.82, 2.24) is 20.0 Å². The highest BCUT2D eigenvalue weighted by atomic mass is 35.5. The van der Waals surface area contributed by atoms with E-state index in [0.717, 1.165) is 25.4 Å². The van der Waals surface area contributed by atoms with Gasteiger partial charge in [0.25, 0.3) is 0 Å². The molecule has 2 unspecified atom stereocenters. The molecule has 5 nitrogen and oxygen atoms in total. The average molecular weight is 371 g/mol. The Kier molecular flexibility index (Phi) is 5.78. The molecule has 1 amide bonds. The summed E-state index contributed by atoms with van der Waals surface area (Å²) < 4.78 is 1.84. The van der Waals surface area contributed by atoms with Crippen molar-refractivity contribution >= 4 is 30.1 Å². The number of aryl methyl sites for hydroxylation is 1. The summed E-state index contributed by atoms with van der Waals surface area (Å²) in [6, 6.07) is 0.477. The Bertz CT molecular complexity index is 579. The van der Waals surface area contributed by atoms with Gasteiger partial charge in [-0.1, -0.05) is 12.8 Å². The summed E-state index contributed by atoms with van der Waals surface area (Å²) in [6.45, 7) is 2.62. The second-order valence-electron chi connectivity index (χ2n) is 7.11. The first-order chi connectivity index (χ1) is 11.2. The van der Waals surface area contributed by atoms with E-state index in [2.05, 4.69) is 33.3 Å². The maximum atomic E-state index is 13.3. The highest BCUT2D eigenvalue weighted by molar-refractivity contribution is 8.00. The standard InChI is InChI=1S/C17H26N4OS.ClH/c1-20-11-12(8-19-20)13-9-18-10-14(13)17(22)21-6-7-23-16-5-3-2-4-15(16)21;/h8,11,13-16,18H,2-7,9-10H2,1H3;1H/t13-,14+,15?,16?;/m1./s1. The predicted molar refractivity (Wildman–Crippen MR) is 99.8 cm³/mol. The number of aromatic nitrogens is 2. The minimum absolute atomic E-state index is 0. The quantitative estimate of drug-likeness (QED) is 0.865. The van der Waals surface area contributed by atoms with Gasteiger partial charge in [-0.15, -0.1) is 12.4 Å². The molecule has 4 atom stereocenters. The maximum Gasteiger partial charge on any atom is 0.227 e. The van der Waals surface area contributed by atoms with Crippen LogP contribution in [0.25, 0.3) is 0 Å². The SMILES string of the molecule is Cl.Cn1cc([C@H]2CNC[C@@H]2C(=O)N2CCSC3CCCCC32)cn1. The van der Waals surface area contributed by atoms with Gasteiger partial charge in [0, 0.05) is 55.8 Å². The van der Waals surface area contributed by atoms with Crippen LogP contribution >= 0.6 is 24.2 Å². The second-order valence-corrected chi connectivity index (χ2v) is 8.46. The zero-order chi connectivity index (χ0) is 15.8. The minimum Gasteiger partial charge on any atom is -0.337 e. The zero-order valence-electron chi connectivity index (χ0n) is 14.2. The molecule has 0 radical (unpaired) electrons. The Labute approximate surface area is 154 Å². The molecular formula is C17H27ClN4OS. The fourth-order valence-electron chi connectivity index (χ4n) is 4.50. The molecule has 7 heteroatoms. The van der Waals surface area contributed by atoms with Crippen molar-refractivity contribution in [2.24, 2.45) is 13.0 Å². The second kappa shape index (κ2) is 7.67. The number of rotatable bonds is 2. The van der Waals surface area contributed by atoms with Crippen LogP contribution in [0.15, 0.2) is 12.4 Å². The van der Waals surface area contributed by atoms with Gasteiger partial charge in [0.2, 0.25) is 5.91 Å². The largest absolute Gasteiger partial charge is 0.337 e. The third-order valence-electron chi connectivity index (χ3n) is 5.70. The molecule has 0 bridgehead atoms. The first-order valence-electron chi connectivity index (χ1n) is 8.85. The van der Waals surface area contributed by atoms with Crippen LogP contribution in [0.4, 0.5) is 0 Å². The van der Waals surface area contributed by atoms with Crippen LogP contribution in [-0.4, -0.2) is 57.3 Å². The van der Waals surface area contributed by atoms with E-state index in [-0.39, 0.29) is 24.2 Å². The van der Waals surface area contributed by atoms with Crippen LogP contribution in [0.3, 0.4) is 0 Å². The van der Waals surface area contributed by atoms with Gasteiger partial charge >= 0.3 is 0 Å². The van der Waals surface area contributed by atoms with Gasteiger partial charge in [0.1, 0.15) is 0 Å². The Balaban J connectivity index is 0.00000169. The van der Waals surface area contributed by atoms with E-state index in [9.17, 15) is 4.79 Å². The summed E-state index contributed by atoms with van der Waals surface area (Å²) in [5.74, 6) is 1.82. The number of hydrogen-bond acceptors (Lipinski definition) is 4. The van der Waals surface area contributed by atoms with E-state index in [0.29, 0.717) is 17.2 Å². The molecule has 2 aliphatic heterocycles. The van der Waals surface area contributed by atoms with E-state index in [1.54, 1.807) is 0 Å². The number of carbonyl (C=O) groups excluding carboxylic acids is 1. The van der Waals surface area contributed by atoms with Gasteiger partial charge in [-0.2, -0.15) is 16.9 Å². The predicted octanol–water partition coefficient (Wildman–Crippen LogP) is 2.03. The lowest BCUT2D eigenvalue weighted by Gasteiger charge is -2.44. The molecule has 3 aliphatic rings. The molecular weight excluding hydrogens is 344 g/mol. The molecule has 3 heterocycles. The lowest BCUT2D eigenvalue weighted by Crippen LogP contribution is -2.54. The third kappa shape index (κ3) is 3.33. The number of carbonyl (C=O) groups is 1. The van der Waals surface area contributed by atoms with Crippen molar-refractivity contribution < 1.29 is 4.79 Å². The molecule has 0 aromatic carbocycles. The van der Waals surface area contributed by atoms with Crippen LogP contribution in [0.5, 0.6) is 0 Å². The smallest absolute Gasteiger partial charge is 0.227 e. The molecule has 1 saturated carbocycles. The number of fused-ring (bicyclic) bond motifs is 1. The molecule has 0 spiro atoms. The fraction of sp³-hybridized carbons (Fsp3) is 0.765. The Hall–Kier alpha value is -0.720. The van der Waals surface area contributed by atoms with Crippen molar-refractivity contribution in [3.8, 4) is 0 Å². The van der Waals surface area contributed by atoms with E-state index in [1.165, 1.54) is 31.2 Å². The van der Waals surface area contributed by atoms with Crippen LogP contribution in [0.2, 0.25) is 0 Å². The highest BCUT2D eigenvalue weighted by Gasteiger charge is 2.42. The van der Waals surface area contributed by atoms with Crippen LogP contribution in [0.1, 0.15) is 37.2 Å². The number of nitrogens with one attached hydrogen (secondary N) is 1. The third-order valence-corrected chi connectivity index (χ3v) is 7.10. The molecule has 2 saturated heterocycles. The Morgan fingerprint density at radius 1 is 1.33 bits per heavy atom. The number of halogens is 1. The van der Waals surface area contributed by atoms with Crippen molar-refractivity contribution in [3.05, 3.63) is 18.0 Å². The van der Waals surface area contributed by atoms with Crippen molar-refractivity contribution in [3.63, 3.8) is 0 Å². The van der Waals surface area contributed by atoms with Crippen molar-refractivity contribution in [2.75, 3.05) is 25.4 Å². The lowest BCUT2D eigenvalue weighted by molar-refractivity contribution is -0.138.